The molecule has 0 aliphatic carbocycles. The highest BCUT2D eigenvalue weighted by Gasteiger charge is 2.28. The summed E-state index contributed by atoms with van der Waals surface area (Å²) < 4.78 is 5.41. The summed E-state index contributed by atoms with van der Waals surface area (Å²) in [5.74, 6) is 0.363. The number of ether oxygens (including phenoxy) is 1. The van der Waals surface area contributed by atoms with Gasteiger partial charge >= 0.3 is 0 Å². The standard InChI is InChI=1S/C21H31N3O4/c1-5-28-18-8-6-16(7-9-18)21(27)24-12-10-17(11-13-24)23-20(26)19(14(2)3)22-15(4)25/h6-9,14,17,19H,5,10-13H2,1-4H3,(H,22,25)(H,23,26)/t19-/m1/s1. The summed E-state index contributed by atoms with van der Waals surface area (Å²) in [5, 5.41) is 5.72. The topological polar surface area (TPSA) is 87.7 Å². The predicted molar refractivity (Wildman–Crippen MR) is 107 cm³/mol. The van der Waals surface area contributed by atoms with Crippen molar-refractivity contribution in [3.63, 3.8) is 0 Å². The highest BCUT2D eigenvalue weighted by molar-refractivity contribution is 5.94. The van der Waals surface area contributed by atoms with Crippen LogP contribution in [0.5, 0.6) is 5.75 Å². The van der Waals surface area contributed by atoms with Gasteiger partial charge in [0, 0.05) is 31.6 Å². The zero-order valence-corrected chi connectivity index (χ0v) is 17.2. The molecule has 7 nitrogen and oxygen atoms in total. The molecule has 1 aliphatic heterocycles. The Kier molecular flexibility index (Phi) is 7.84. The van der Waals surface area contributed by atoms with Gasteiger partial charge in [-0.25, -0.2) is 0 Å². The summed E-state index contributed by atoms with van der Waals surface area (Å²) in [5.41, 5.74) is 0.636. The first-order valence-corrected chi connectivity index (χ1v) is 9.91. The molecule has 154 valence electrons. The van der Waals surface area contributed by atoms with Gasteiger partial charge in [0.2, 0.25) is 11.8 Å². The number of hydrogen-bond acceptors (Lipinski definition) is 4. The molecule has 0 spiro atoms. The van der Waals surface area contributed by atoms with Gasteiger partial charge in [0.05, 0.1) is 6.61 Å². The number of benzene rings is 1. The highest BCUT2D eigenvalue weighted by Crippen LogP contribution is 2.17. The fourth-order valence-corrected chi connectivity index (χ4v) is 3.31. The zero-order valence-electron chi connectivity index (χ0n) is 17.2. The van der Waals surface area contributed by atoms with Crippen molar-refractivity contribution in [2.45, 2.75) is 52.6 Å². The third-order valence-corrected chi connectivity index (χ3v) is 4.85. The Morgan fingerprint density at radius 2 is 1.75 bits per heavy atom. The molecule has 7 heteroatoms. The van der Waals surface area contributed by atoms with E-state index in [1.165, 1.54) is 6.92 Å². The summed E-state index contributed by atoms with van der Waals surface area (Å²) in [7, 11) is 0. The van der Waals surface area contributed by atoms with E-state index < -0.39 is 6.04 Å². The van der Waals surface area contributed by atoms with Gasteiger partial charge in [0.1, 0.15) is 11.8 Å². The fourth-order valence-electron chi connectivity index (χ4n) is 3.31. The summed E-state index contributed by atoms with van der Waals surface area (Å²) in [4.78, 5) is 38.3. The zero-order chi connectivity index (χ0) is 20.7. The van der Waals surface area contributed by atoms with Crippen LogP contribution >= 0.6 is 0 Å². The number of nitrogens with one attached hydrogen (secondary N) is 2. The van der Waals surface area contributed by atoms with Gasteiger partial charge in [-0.2, -0.15) is 0 Å². The molecule has 0 unspecified atom stereocenters. The van der Waals surface area contributed by atoms with Crippen LogP contribution in [-0.2, 0) is 9.59 Å². The number of rotatable bonds is 7. The van der Waals surface area contributed by atoms with Crippen molar-refractivity contribution in [2.75, 3.05) is 19.7 Å². The van der Waals surface area contributed by atoms with Gasteiger partial charge in [-0.05, 0) is 49.9 Å². The Hall–Kier alpha value is -2.57. The number of likely N-dealkylation sites (tertiary alicyclic amines) is 1. The molecule has 1 aliphatic rings. The Morgan fingerprint density at radius 1 is 1.14 bits per heavy atom. The Morgan fingerprint density at radius 3 is 2.25 bits per heavy atom. The van der Waals surface area contributed by atoms with Gasteiger partial charge in [-0.15, -0.1) is 0 Å². The van der Waals surface area contributed by atoms with Crippen LogP contribution in [0.3, 0.4) is 0 Å². The minimum atomic E-state index is -0.541. The quantitative estimate of drug-likeness (QED) is 0.746. The molecule has 2 N–H and O–H groups in total. The molecule has 1 heterocycles. The molecule has 1 atom stereocenters. The van der Waals surface area contributed by atoms with E-state index in [0.29, 0.717) is 38.1 Å². The van der Waals surface area contributed by atoms with E-state index in [-0.39, 0.29) is 29.7 Å². The highest BCUT2D eigenvalue weighted by atomic mass is 16.5. The normalized spacial score (nSPS) is 15.8. The number of piperidine rings is 1. The first-order chi connectivity index (χ1) is 13.3. The molecular formula is C21H31N3O4. The average molecular weight is 389 g/mol. The summed E-state index contributed by atoms with van der Waals surface area (Å²) >= 11 is 0. The number of carbonyl (C=O) groups excluding carboxylic acids is 3. The molecule has 0 bridgehead atoms. The van der Waals surface area contributed by atoms with Crippen LogP contribution in [0.4, 0.5) is 0 Å². The van der Waals surface area contributed by atoms with Crippen LogP contribution in [0.25, 0.3) is 0 Å². The van der Waals surface area contributed by atoms with Gasteiger partial charge in [0.25, 0.3) is 5.91 Å². The smallest absolute Gasteiger partial charge is 0.253 e. The van der Waals surface area contributed by atoms with Crippen molar-refractivity contribution in [1.29, 1.82) is 0 Å². The molecule has 2 rings (SSSR count). The largest absolute Gasteiger partial charge is 0.494 e. The van der Waals surface area contributed by atoms with E-state index >= 15 is 0 Å². The van der Waals surface area contributed by atoms with Crippen molar-refractivity contribution in [3.8, 4) is 5.75 Å². The van der Waals surface area contributed by atoms with E-state index in [2.05, 4.69) is 10.6 Å². The first kappa shape index (κ1) is 21.7. The maximum Gasteiger partial charge on any atom is 0.253 e. The van der Waals surface area contributed by atoms with Gasteiger partial charge in [-0.3, -0.25) is 14.4 Å². The molecule has 0 radical (unpaired) electrons. The molecule has 1 aromatic rings. The number of hydrogen-bond donors (Lipinski definition) is 2. The lowest BCUT2D eigenvalue weighted by Crippen LogP contribution is -2.54. The number of amides is 3. The Balaban J connectivity index is 1.87. The molecule has 0 saturated carbocycles. The van der Waals surface area contributed by atoms with Crippen molar-refractivity contribution in [3.05, 3.63) is 29.8 Å². The molecule has 3 amide bonds. The Labute approximate surface area is 166 Å². The minimum absolute atomic E-state index is 0.00484. The lowest BCUT2D eigenvalue weighted by atomic mass is 10.00. The number of carbonyl (C=O) groups is 3. The van der Waals surface area contributed by atoms with Crippen LogP contribution in [0, 0.1) is 5.92 Å². The van der Waals surface area contributed by atoms with Crippen LogP contribution in [-0.4, -0.2) is 54.4 Å². The fraction of sp³-hybridized carbons (Fsp3) is 0.571. The van der Waals surface area contributed by atoms with Crippen molar-refractivity contribution < 1.29 is 19.1 Å². The Bertz CT molecular complexity index is 679. The maximum absolute atomic E-state index is 12.7. The van der Waals surface area contributed by atoms with Gasteiger partial charge in [0.15, 0.2) is 0 Å². The lowest BCUT2D eigenvalue weighted by Gasteiger charge is -2.33. The monoisotopic (exact) mass is 389 g/mol. The molecular weight excluding hydrogens is 358 g/mol. The predicted octanol–water partition coefficient (Wildman–Crippen LogP) is 1.97. The molecule has 1 fully saturated rings. The van der Waals surface area contributed by atoms with E-state index in [1.54, 1.807) is 24.3 Å². The second-order valence-corrected chi connectivity index (χ2v) is 7.45. The van der Waals surface area contributed by atoms with E-state index in [9.17, 15) is 14.4 Å². The second kappa shape index (κ2) is 10.1. The third-order valence-electron chi connectivity index (χ3n) is 4.85. The molecule has 0 aromatic heterocycles. The van der Waals surface area contributed by atoms with Crippen molar-refractivity contribution >= 4 is 17.7 Å². The summed E-state index contributed by atoms with van der Waals surface area (Å²) in [6.45, 7) is 8.89. The van der Waals surface area contributed by atoms with E-state index in [1.807, 2.05) is 25.7 Å². The molecule has 28 heavy (non-hydrogen) atoms. The van der Waals surface area contributed by atoms with Crippen LogP contribution < -0.4 is 15.4 Å². The van der Waals surface area contributed by atoms with Crippen LogP contribution in [0.2, 0.25) is 0 Å². The summed E-state index contributed by atoms with van der Waals surface area (Å²) in [6.07, 6.45) is 1.39. The second-order valence-electron chi connectivity index (χ2n) is 7.45. The van der Waals surface area contributed by atoms with E-state index in [0.717, 1.165) is 5.75 Å². The number of nitrogens with zero attached hydrogens (tertiary/aromatic N) is 1. The maximum atomic E-state index is 12.7. The van der Waals surface area contributed by atoms with Crippen molar-refractivity contribution in [1.82, 2.24) is 15.5 Å². The SMILES string of the molecule is CCOc1ccc(C(=O)N2CCC(NC(=O)[C@H](NC(C)=O)C(C)C)CC2)cc1. The minimum Gasteiger partial charge on any atom is -0.494 e. The average Bonchev–Trinajstić information content (AvgIpc) is 2.66. The van der Waals surface area contributed by atoms with Gasteiger partial charge < -0.3 is 20.3 Å². The first-order valence-electron chi connectivity index (χ1n) is 9.91. The lowest BCUT2D eigenvalue weighted by molar-refractivity contribution is -0.129. The third kappa shape index (κ3) is 5.97. The van der Waals surface area contributed by atoms with Crippen LogP contribution in [0.15, 0.2) is 24.3 Å². The molecule has 1 saturated heterocycles. The van der Waals surface area contributed by atoms with E-state index in [4.69, 9.17) is 4.74 Å². The van der Waals surface area contributed by atoms with Crippen LogP contribution in [0.1, 0.15) is 50.9 Å². The molecule has 1 aromatic carbocycles. The summed E-state index contributed by atoms with van der Waals surface area (Å²) in [6, 6.07) is 6.63. The van der Waals surface area contributed by atoms with Crippen molar-refractivity contribution in [2.24, 2.45) is 5.92 Å². The van der Waals surface area contributed by atoms with Gasteiger partial charge in [-0.1, -0.05) is 13.8 Å².